The maximum Gasteiger partial charge on any atom is 0.388 e. The molecule has 0 spiro atoms. The number of halogens is 5. The normalized spacial score (nSPS) is 12.3. The SMILES string of the molecule is OCc1ccc([C@H](O)c2cc(-c3ccnc(OC(F)F)c3)c(OC(F)F)cc2F)cn1. The van der Waals surface area contributed by atoms with Gasteiger partial charge in [-0.1, -0.05) is 6.07 Å². The second kappa shape index (κ2) is 9.67. The van der Waals surface area contributed by atoms with Crippen LogP contribution in [0.3, 0.4) is 0 Å². The number of pyridine rings is 2. The van der Waals surface area contributed by atoms with Crippen LogP contribution in [-0.4, -0.2) is 33.4 Å². The molecule has 11 heteroatoms. The number of aromatic nitrogens is 2. The fourth-order valence-electron chi connectivity index (χ4n) is 2.80. The summed E-state index contributed by atoms with van der Waals surface area (Å²) in [5, 5.41) is 19.6. The zero-order valence-corrected chi connectivity index (χ0v) is 15.6. The molecule has 1 aromatic carbocycles. The van der Waals surface area contributed by atoms with Crippen LogP contribution in [0.1, 0.15) is 22.9 Å². The summed E-state index contributed by atoms with van der Waals surface area (Å²) in [6.45, 7) is -6.79. The standard InChI is InChI=1S/C20H15F5N2O4/c21-15-7-16(30-19(22)23)13(10-3-4-26-17(5-10)31-20(24)25)6-14(15)18(29)11-1-2-12(9-28)27-8-11/h1-8,18-20,28-29H,9H2/t18-/m0/s1. The number of hydrogen-bond donors (Lipinski definition) is 2. The van der Waals surface area contributed by atoms with E-state index in [-0.39, 0.29) is 28.9 Å². The third-order valence-corrected chi connectivity index (χ3v) is 4.19. The van der Waals surface area contributed by atoms with Gasteiger partial charge >= 0.3 is 13.2 Å². The number of benzene rings is 1. The van der Waals surface area contributed by atoms with Gasteiger partial charge in [-0.15, -0.1) is 0 Å². The lowest BCUT2D eigenvalue weighted by molar-refractivity contribution is -0.0528. The van der Waals surface area contributed by atoms with Crippen LogP contribution >= 0.6 is 0 Å². The van der Waals surface area contributed by atoms with Gasteiger partial charge in [0.1, 0.15) is 17.7 Å². The highest BCUT2D eigenvalue weighted by molar-refractivity contribution is 5.72. The highest BCUT2D eigenvalue weighted by atomic mass is 19.3. The van der Waals surface area contributed by atoms with Crippen LogP contribution in [0.25, 0.3) is 11.1 Å². The predicted octanol–water partition coefficient (Wildman–Crippen LogP) is 4.06. The Labute approximate surface area is 172 Å². The van der Waals surface area contributed by atoms with Gasteiger partial charge in [0.25, 0.3) is 0 Å². The molecule has 0 unspecified atom stereocenters. The minimum Gasteiger partial charge on any atom is -0.434 e. The number of rotatable bonds is 8. The van der Waals surface area contributed by atoms with Crippen LogP contribution in [-0.2, 0) is 6.61 Å². The summed E-state index contributed by atoms with van der Waals surface area (Å²) >= 11 is 0. The smallest absolute Gasteiger partial charge is 0.388 e. The van der Waals surface area contributed by atoms with E-state index in [9.17, 15) is 27.1 Å². The van der Waals surface area contributed by atoms with Gasteiger partial charge in [-0.05, 0) is 23.8 Å². The summed E-state index contributed by atoms with van der Waals surface area (Å²) in [5.41, 5.74) is 0.131. The van der Waals surface area contributed by atoms with Gasteiger partial charge in [0.2, 0.25) is 5.88 Å². The molecular formula is C20H15F5N2O4. The molecule has 164 valence electrons. The molecular weight excluding hydrogens is 427 g/mol. The molecule has 3 aromatic rings. The number of aliphatic hydroxyl groups is 2. The second-order valence-corrected chi connectivity index (χ2v) is 6.15. The molecule has 0 aliphatic carbocycles. The fraction of sp³-hybridized carbons (Fsp3) is 0.200. The Bertz CT molecular complexity index is 1030. The first-order valence-electron chi connectivity index (χ1n) is 8.71. The van der Waals surface area contributed by atoms with Crippen LogP contribution in [0.5, 0.6) is 11.6 Å². The van der Waals surface area contributed by atoms with E-state index in [2.05, 4.69) is 19.4 Å². The van der Waals surface area contributed by atoms with Gasteiger partial charge < -0.3 is 19.7 Å². The van der Waals surface area contributed by atoms with Crippen LogP contribution in [0.4, 0.5) is 22.0 Å². The Morgan fingerprint density at radius 3 is 2.29 bits per heavy atom. The Kier molecular flexibility index (Phi) is 6.98. The minimum absolute atomic E-state index is 0.0588. The summed E-state index contributed by atoms with van der Waals surface area (Å²) in [7, 11) is 0. The Hall–Kier alpha value is -3.31. The van der Waals surface area contributed by atoms with E-state index < -0.39 is 36.8 Å². The third-order valence-electron chi connectivity index (χ3n) is 4.19. The number of nitrogens with zero attached hydrogens (tertiary/aromatic N) is 2. The summed E-state index contributed by atoms with van der Waals surface area (Å²) in [4.78, 5) is 7.49. The van der Waals surface area contributed by atoms with E-state index in [0.29, 0.717) is 11.8 Å². The fourth-order valence-corrected chi connectivity index (χ4v) is 2.80. The lowest BCUT2D eigenvalue weighted by Crippen LogP contribution is -2.08. The van der Waals surface area contributed by atoms with E-state index in [1.54, 1.807) is 0 Å². The van der Waals surface area contributed by atoms with Crippen molar-refractivity contribution in [2.24, 2.45) is 0 Å². The van der Waals surface area contributed by atoms with Gasteiger partial charge in [0, 0.05) is 41.2 Å². The quantitative estimate of drug-likeness (QED) is 0.512. The number of hydrogen-bond acceptors (Lipinski definition) is 6. The summed E-state index contributed by atoms with van der Waals surface area (Å²) in [6.07, 6.45) is 0.772. The van der Waals surface area contributed by atoms with Crippen LogP contribution in [0, 0.1) is 5.82 Å². The first-order chi connectivity index (χ1) is 14.8. The van der Waals surface area contributed by atoms with Gasteiger partial charge in [-0.3, -0.25) is 4.98 Å². The largest absolute Gasteiger partial charge is 0.434 e. The molecule has 2 heterocycles. The van der Waals surface area contributed by atoms with E-state index in [0.717, 1.165) is 18.3 Å². The lowest BCUT2D eigenvalue weighted by atomic mass is 9.96. The molecule has 0 saturated carbocycles. The van der Waals surface area contributed by atoms with Crippen molar-refractivity contribution < 1.29 is 41.6 Å². The zero-order chi connectivity index (χ0) is 22.5. The van der Waals surface area contributed by atoms with Crippen molar-refractivity contribution in [2.45, 2.75) is 25.9 Å². The molecule has 31 heavy (non-hydrogen) atoms. The Morgan fingerprint density at radius 2 is 1.68 bits per heavy atom. The van der Waals surface area contributed by atoms with Gasteiger partial charge in [0.05, 0.1) is 12.3 Å². The van der Waals surface area contributed by atoms with Crippen molar-refractivity contribution in [3.8, 4) is 22.8 Å². The predicted molar refractivity (Wildman–Crippen MR) is 97.1 cm³/mol. The maximum atomic E-state index is 14.6. The summed E-state index contributed by atoms with van der Waals surface area (Å²) < 4.78 is 73.9. The maximum absolute atomic E-state index is 14.6. The summed E-state index contributed by atoms with van der Waals surface area (Å²) in [6, 6.07) is 6.86. The van der Waals surface area contributed by atoms with Crippen molar-refractivity contribution in [2.75, 3.05) is 0 Å². The highest BCUT2D eigenvalue weighted by Crippen LogP contribution is 2.37. The monoisotopic (exact) mass is 442 g/mol. The molecule has 3 rings (SSSR count). The van der Waals surface area contributed by atoms with E-state index in [1.165, 1.54) is 24.4 Å². The third kappa shape index (κ3) is 5.44. The molecule has 2 aromatic heterocycles. The second-order valence-electron chi connectivity index (χ2n) is 6.15. The van der Waals surface area contributed by atoms with Gasteiger partial charge in [-0.2, -0.15) is 17.6 Å². The number of ether oxygens (including phenoxy) is 2. The number of aliphatic hydroxyl groups excluding tert-OH is 2. The lowest BCUT2D eigenvalue weighted by Gasteiger charge is -2.17. The van der Waals surface area contributed by atoms with Crippen molar-refractivity contribution in [1.82, 2.24) is 9.97 Å². The zero-order valence-electron chi connectivity index (χ0n) is 15.6. The van der Waals surface area contributed by atoms with Crippen molar-refractivity contribution in [3.05, 3.63) is 71.4 Å². The van der Waals surface area contributed by atoms with Crippen molar-refractivity contribution in [1.29, 1.82) is 0 Å². The average Bonchev–Trinajstić information content (AvgIpc) is 2.73. The van der Waals surface area contributed by atoms with Crippen molar-refractivity contribution in [3.63, 3.8) is 0 Å². The van der Waals surface area contributed by atoms with Crippen LogP contribution in [0.15, 0.2) is 48.8 Å². The number of alkyl halides is 4. The highest BCUT2D eigenvalue weighted by Gasteiger charge is 2.22. The van der Waals surface area contributed by atoms with Crippen molar-refractivity contribution >= 4 is 0 Å². The molecule has 0 amide bonds. The molecule has 6 nitrogen and oxygen atoms in total. The van der Waals surface area contributed by atoms with Crippen LogP contribution < -0.4 is 9.47 Å². The van der Waals surface area contributed by atoms with Crippen LogP contribution in [0.2, 0.25) is 0 Å². The minimum atomic E-state index is -3.29. The average molecular weight is 442 g/mol. The Balaban J connectivity index is 2.08. The van der Waals surface area contributed by atoms with E-state index >= 15 is 0 Å². The Morgan fingerprint density at radius 1 is 0.935 bits per heavy atom. The first-order valence-corrected chi connectivity index (χ1v) is 8.71. The molecule has 2 N–H and O–H groups in total. The van der Waals surface area contributed by atoms with E-state index in [1.807, 2.05) is 0 Å². The molecule has 0 aliphatic rings. The molecule has 0 saturated heterocycles. The molecule has 1 atom stereocenters. The molecule has 0 aliphatic heterocycles. The summed E-state index contributed by atoms with van der Waals surface area (Å²) in [5.74, 6) is -2.12. The molecule has 0 fully saturated rings. The molecule has 0 bridgehead atoms. The first kappa shape index (κ1) is 22.4. The van der Waals surface area contributed by atoms with Gasteiger partial charge in [0.15, 0.2) is 0 Å². The van der Waals surface area contributed by atoms with E-state index in [4.69, 9.17) is 5.11 Å². The van der Waals surface area contributed by atoms with Gasteiger partial charge in [-0.25, -0.2) is 9.37 Å². The molecule has 0 radical (unpaired) electrons. The topological polar surface area (TPSA) is 84.7 Å².